The number of aromatic nitrogens is 1. The molecule has 1 amide bonds. The number of amides is 1. The number of piperidine rings is 1. The number of nitrogens with zero attached hydrogens (tertiary/aromatic N) is 3. The number of ether oxygens (including phenoxy) is 2. The first-order valence-electron chi connectivity index (χ1n) is 11.7. The van der Waals surface area contributed by atoms with Gasteiger partial charge in [-0.1, -0.05) is 6.07 Å². The lowest BCUT2D eigenvalue weighted by Crippen LogP contribution is -2.58. The third kappa shape index (κ3) is 7.30. The van der Waals surface area contributed by atoms with Crippen molar-refractivity contribution >= 4 is 27.7 Å². The van der Waals surface area contributed by atoms with Gasteiger partial charge < -0.3 is 9.47 Å². The molecule has 16 heteroatoms. The third-order valence-electron chi connectivity index (χ3n) is 6.67. The van der Waals surface area contributed by atoms with Crippen LogP contribution in [-0.4, -0.2) is 90.8 Å². The van der Waals surface area contributed by atoms with Gasteiger partial charge in [-0.3, -0.25) is 15.0 Å². The van der Waals surface area contributed by atoms with E-state index < -0.39 is 45.6 Å². The molecule has 1 fully saturated rings. The predicted molar refractivity (Wildman–Crippen MR) is 126 cm³/mol. The van der Waals surface area contributed by atoms with Crippen LogP contribution in [0, 0.1) is 0 Å². The molecule has 218 valence electrons. The van der Waals surface area contributed by atoms with E-state index >= 15 is 0 Å². The summed E-state index contributed by atoms with van der Waals surface area (Å²) >= 11 is 5.47. The molecular weight excluding hydrogens is 565 g/mol. The van der Waals surface area contributed by atoms with Crippen molar-refractivity contribution in [3.8, 4) is 0 Å². The van der Waals surface area contributed by atoms with Gasteiger partial charge in [0, 0.05) is 89.4 Å². The van der Waals surface area contributed by atoms with E-state index in [4.69, 9.17) is 21.3 Å². The van der Waals surface area contributed by atoms with Crippen LogP contribution in [0.1, 0.15) is 49.3 Å². The fourth-order valence-corrected chi connectivity index (χ4v) is 6.70. The SMILES string of the molecule is COCCC(CCOC)(C(=O)N(O)Cl)S(=O)(=O)N1CCC(c2ccc(CCC(F)(F)C(F)(F)F)cn2)CC1. The summed E-state index contributed by atoms with van der Waals surface area (Å²) in [6, 6.07) is 2.95. The number of alkyl halides is 5. The average Bonchev–Trinajstić information content (AvgIpc) is 2.87. The quantitative estimate of drug-likeness (QED) is 0.159. The minimum absolute atomic E-state index is 0.0109. The van der Waals surface area contributed by atoms with E-state index in [0.717, 1.165) is 4.31 Å². The van der Waals surface area contributed by atoms with Gasteiger partial charge in [0.25, 0.3) is 5.91 Å². The fourth-order valence-electron chi connectivity index (χ4n) is 4.32. The van der Waals surface area contributed by atoms with Gasteiger partial charge >= 0.3 is 12.1 Å². The van der Waals surface area contributed by atoms with Gasteiger partial charge in [-0.15, -0.1) is 4.58 Å². The molecule has 2 heterocycles. The van der Waals surface area contributed by atoms with Crippen LogP contribution in [0.5, 0.6) is 0 Å². The molecule has 1 aliphatic heterocycles. The van der Waals surface area contributed by atoms with Crippen LogP contribution in [0.4, 0.5) is 22.0 Å². The monoisotopic (exact) mass is 595 g/mol. The van der Waals surface area contributed by atoms with Crippen molar-refractivity contribution in [2.24, 2.45) is 0 Å². The van der Waals surface area contributed by atoms with E-state index in [0.29, 0.717) is 18.5 Å². The minimum atomic E-state index is -5.62. The Morgan fingerprint density at radius 3 is 2.08 bits per heavy atom. The number of hydrogen-bond acceptors (Lipinski definition) is 7. The van der Waals surface area contributed by atoms with Gasteiger partial charge in [0.05, 0.1) is 0 Å². The highest BCUT2D eigenvalue weighted by molar-refractivity contribution is 7.91. The second kappa shape index (κ2) is 13.1. The Morgan fingerprint density at radius 1 is 1.11 bits per heavy atom. The molecule has 2 rings (SSSR count). The highest BCUT2D eigenvalue weighted by Gasteiger charge is 2.57. The van der Waals surface area contributed by atoms with Crippen LogP contribution in [0.2, 0.25) is 0 Å². The largest absolute Gasteiger partial charge is 0.453 e. The smallest absolute Gasteiger partial charge is 0.385 e. The Labute approximate surface area is 223 Å². The summed E-state index contributed by atoms with van der Waals surface area (Å²) < 4.78 is 99.6. The normalized spacial score (nSPS) is 16.6. The zero-order valence-electron chi connectivity index (χ0n) is 20.9. The second-order valence-corrected chi connectivity index (χ2v) is 11.6. The molecule has 0 unspecified atom stereocenters. The van der Waals surface area contributed by atoms with E-state index in [9.17, 15) is 40.4 Å². The summed E-state index contributed by atoms with van der Waals surface area (Å²) in [5, 5.41) is 9.63. The highest BCUT2D eigenvalue weighted by atomic mass is 35.5. The number of carbonyl (C=O) groups is 1. The number of sulfonamides is 1. The molecule has 0 spiro atoms. The minimum Gasteiger partial charge on any atom is -0.385 e. The first-order chi connectivity index (χ1) is 17.6. The lowest BCUT2D eigenvalue weighted by Gasteiger charge is -2.39. The van der Waals surface area contributed by atoms with Crippen LogP contribution in [-0.2, 0) is 30.7 Å². The van der Waals surface area contributed by atoms with E-state index in [-0.39, 0.29) is 55.2 Å². The van der Waals surface area contributed by atoms with Crippen LogP contribution >= 0.6 is 11.8 Å². The van der Waals surface area contributed by atoms with Crippen molar-refractivity contribution in [1.29, 1.82) is 0 Å². The fraction of sp³-hybridized carbons (Fsp3) is 0.727. The standard InChI is InChI=1S/C22H31ClF5N3O6S/c1-36-13-9-20(10-14-37-2,19(32)31(23)33)38(34,35)30-11-6-17(7-12-30)18-4-3-16(15-29-18)5-8-21(24,25)22(26,27)28/h3-4,15,17,33H,5-14H2,1-2H3. The summed E-state index contributed by atoms with van der Waals surface area (Å²) in [5.74, 6) is -6.25. The third-order valence-corrected chi connectivity index (χ3v) is 9.44. The Kier molecular flexibility index (Phi) is 11.3. The molecule has 1 aromatic heterocycles. The molecule has 0 aromatic carbocycles. The number of hydroxylamine groups is 1. The number of hydrogen-bond donors (Lipinski definition) is 1. The van der Waals surface area contributed by atoms with Gasteiger partial charge in [0.1, 0.15) is 0 Å². The van der Waals surface area contributed by atoms with Gasteiger partial charge in [0.2, 0.25) is 10.0 Å². The second-order valence-electron chi connectivity index (χ2n) is 9.02. The van der Waals surface area contributed by atoms with Crippen molar-refractivity contribution < 1.29 is 49.8 Å². The lowest BCUT2D eigenvalue weighted by molar-refractivity contribution is -0.284. The number of pyridine rings is 1. The molecule has 0 radical (unpaired) electrons. The van der Waals surface area contributed by atoms with Crippen molar-refractivity contribution in [1.82, 2.24) is 13.9 Å². The molecule has 0 atom stereocenters. The first-order valence-corrected chi connectivity index (χ1v) is 13.5. The summed E-state index contributed by atoms with van der Waals surface area (Å²) in [4.78, 5) is 17.1. The Bertz CT molecular complexity index is 1010. The molecule has 0 aliphatic carbocycles. The summed E-state index contributed by atoms with van der Waals surface area (Å²) in [6.45, 7) is -0.198. The Morgan fingerprint density at radius 2 is 1.66 bits per heavy atom. The predicted octanol–water partition coefficient (Wildman–Crippen LogP) is 3.90. The average molecular weight is 596 g/mol. The molecule has 9 nitrogen and oxygen atoms in total. The maximum Gasteiger partial charge on any atom is 0.453 e. The van der Waals surface area contributed by atoms with Crippen molar-refractivity contribution in [2.45, 2.75) is 61.3 Å². The van der Waals surface area contributed by atoms with Gasteiger partial charge in [-0.2, -0.15) is 22.0 Å². The number of carbonyl (C=O) groups excluding carboxylic acids is 1. The van der Waals surface area contributed by atoms with Crippen LogP contribution < -0.4 is 0 Å². The zero-order chi connectivity index (χ0) is 28.8. The van der Waals surface area contributed by atoms with Crippen molar-refractivity contribution in [2.75, 3.05) is 40.5 Å². The maximum absolute atomic E-state index is 13.7. The summed E-state index contributed by atoms with van der Waals surface area (Å²) in [5.41, 5.74) is 0.753. The maximum atomic E-state index is 13.7. The molecule has 1 saturated heterocycles. The number of aryl methyl sites for hydroxylation is 1. The molecule has 0 bridgehead atoms. The van der Waals surface area contributed by atoms with E-state index in [1.807, 2.05) is 0 Å². The van der Waals surface area contributed by atoms with E-state index in [1.165, 1.54) is 32.5 Å². The van der Waals surface area contributed by atoms with E-state index in [1.54, 1.807) is 0 Å². The van der Waals surface area contributed by atoms with E-state index in [2.05, 4.69) is 4.98 Å². The molecular formula is C22H31ClF5N3O6S. The van der Waals surface area contributed by atoms with Crippen LogP contribution in [0.15, 0.2) is 18.3 Å². The van der Waals surface area contributed by atoms with Crippen molar-refractivity contribution in [3.05, 3.63) is 29.6 Å². The molecule has 1 N–H and O–H groups in total. The van der Waals surface area contributed by atoms with Gasteiger partial charge in [-0.05, 0) is 30.9 Å². The number of halogens is 6. The molecule has 38 heavy (non-hydrogen) atoms. The molecule has 0 saturated carbocycles. The lowest BCUT2D eigenvalue weighted by atomic mass is 9.93. The highest BCUT2D eigenvalue weighted by Crippen LogP contribution is 2.39. The Balaban J connectivity index is 2.14. The van der Waals surface area contributed by atoms with Gasteiger partial charge in [-0.25, -0.2) is 12.7 Å². The topological polar surface area (TPSA) is 109 Å². The Hall–Kier alpha value is -1.65. The van der Waals surface area contributed by atoms with Crippen LogP contribution in [0.3, 0.4) is 0 Å². The van der Waals surface area contributed by atoms with Crippen LogP contribution in [0.25, 0.3) is 0 Å². The number of rotatable bonds is 13. The molecule has 1 aliphatic rings. The summed E-state index contributed by atoms with van der Waals surface area (Å²) in [7, 11) is -1.70. The van der Waals surface area contributed by atoms with Gasteiger partial charge in [0.15, 0.2) is 4.75 Å². The van der Waals surface area contributed by atoms with Crippen molar-refractivity contribution in [3.63, 3.8) is 0 Å². The summed E-state index contributed by atoms with van der Waals surface area (Å²) in [6.07, 6.45) is -6.25. The number of methoxy groups -OCH3 is 2. The first kappa shape index (κ1) is 32.6. The molecule has 1 aromatic rings. The zero-order valence-corrected chi connectivity index (χ0v) is 22.5.